The van der Waals surface area contributed by atoms with Gasteiger partial charge in [0, 0.05) is 10.9 Å². The number of aryl methyl sites for hydroxylation is 4. The van der Waals surface area contributed by atoms with Crippen molar-refractivity contribution >= 4 is 10.8 Å². The van der Waals surface area contributed by atoms with Gasteiger partial charge >= 0.3 is 0 Å². The van der Waals surface area contributed by atoms with E-state index < -0.39 is 0 Å². The minimum Gasteiger partial charge on any atom is -0.205 e. The summed E-state index contributed by atoms with van der Waals surface area (Å²) in [5, 5.41) is 1.60. The largest absolute Gasteiger partial charge is 0.205 e. The molecule has 4 aromatic carbocycles. The average Bonchev–Trinajstić information content (AvgIpc) is 2.88. The lowest BCUT2D eigenvalue weighted by molar-refractivity contribution is 0.636. The third kappa shape index (κ3) is 6.15. The highest BCUT2D eigenvalue weighted by Gasteiger charge is 2.07. The highest BCUT2D eigenvalue weighted by molar-refractivity contribution is 5.85. The molecule has 0 bridgehead atoms. The molecule has 0 heterocycles. The maximum Gasteiger partial charge on any atom is 0.146 e. The molecule has 4 rings (SSSR count). The third-order valence-electron chi connectivity index (χ3n) is 6.52. The maximum atomic E-state index is 15.1. The summed E-state index contributed by atoms with van der Waals surface area (Å²) in [6.07, 6.45) is 7.77. The minimum atomic E-state index is -0.226. The minimum absolute atomic E-state index is 0.226. The topological polar surface area (TPSA) is 0 Å². The number of benzene rings is 4. The van der Waals surface area contributed by atoms with Crippen molar-refractivity contribution in [3.05, 3.63) is 118 Å². The van der Waals surface area contributed by atoms with Gasteiger partial charge in [0.25, 0.3) is 0 Å². The van der Waals surface area contributed by atoms with Crippen LogP contribution in [0.3, 0.4) is 0 Å². The molecule has 0 unspecified atom stereocenters. The standard InChI is InChI=1S/C33H33F/c1-3-5-6-7-29-19-23-32-31(24-29)22-21-30(33(32)34)20-18-28-16-14-27(15-17-28)13-12-26-10-8-25(4-2)9-11-26/h8-11,14-17,19,21-24H,3-7,12-13H2,1-2H3. The zero-order chi connectivity index (χ0) is 23.8. The number of rotatable bonds is 8. The van der Waals surface area contributed by atoms with E-state index in [4.69, 9.17) is 0 Å². The van der Waals surface area contributed by atoms with Crippen molar-refractivity contribution in [3.63, 3.8) is 0 Å². The second-order valence-corrected chi connectivity index (χ2v) is 9.06. The molecule has 0 radical (unpaired) electrons. The van der Waals surface area contributed by atoms with Gasteiger partial charge in [-0.15, -0.1) is 0 Å². The fraction of sp³-hybridized carbons (Fsp3) is 0.273. The Labute approximate surface area is 203 Å². The van der Waals surface area contributed by atoms with Crippen LogP contribution < -0.4 is 0 Å². The summed E-state index contributed by atoms with van der Waals surface area (Å²) >= 11 is 0. The SMILES string of the molecule is CCCCCc1ccc2c(F)c(C#Cc3ccc(CCc4ccc(CC)cc4)cc3)ccc2c1. The summed E-state index contributed by atoms with van der Waals surface area (Å²) < 4.78 is 15.1. The molecule has 0 atom stereocenters. The molecule has 0 amide bonds. The van der Waals surface area contributed by atoms with Gasteiger partial charge in [-0.05, 0) is 77.9 Å². The Hall–Kier alpha value is -3.37. The van der Waals surface area contributed by atoms with Crippen LogP contribution in [0.1, 0.15) is 66.5 Å². The number of fused-ring (bicyclic) bond motifs is 1. The second-order valence-electron chi connectivity index (χ2n) is 9.06. The van der Waals surface area contributed by atoms with Crippen LogP contribution in [0, 0.1) is 17.7 Å². The van der Waals surface area contributed by atoms with Gasteiger partial charge in [0.05, 0.1) is 5.56 Å². The molecular weight excluding hydrogens is 415 g/mol. The molecule has 4 aromatic rings. The van der Waals surface area contributed by atoms with Crippen LogP contribution in [0.4, 0.5) is 4.39 Å². The van der Waals surface area contributed by atoms with Crippen molar-refractivity contribution in [1.82, 2.24) is 0 Å². The number of hydrogen-bond donors (Lipinski definition) is 0. The summed E-state index contributed by atoms with van der Waals surface area (Å²) in [4.78, 5) is 0. The molecule has 0 aliphatic heterocycles. The molecule has 0 aromatic heterocycles. The molecule has 0 saturated heterocycles. The Balaban J connectivity index is 1.41. The van der Waals surface area contributed by atoms with Crippen molar-refractivity contribution in [2.45, 2.75) is 58.8 Å². The zero-order valence-electron chi connectivity index (χ0n) is 20.3. The quantitative estimate of drug-likeness (QED) is 0.187. The molecule has 0 spiro atoms. The van der Waals surface area contributed by atoms with Gasteiger partial charge in [0.1, 0.15) is 5.82 Å². The smallest absolute Gasteiger partial charge is 0.146 e. The van der Waals surface area contributed by atoms with E-state index in [9.17, 15) is 0 Å². The summed E-state index contributed by atoms with van der Waals surface area (Å²) in [6, 6.07) is 27.1. The van der Waals surface area contributed by atoms with Crippen molar-refractivity contribution in [2.75, 3.05) is 0 Å². The Kier molecular flexibility index (Phi) is 8.16. The zero-order valence-corrected chi connectivity index (χ0v) is 20.3. The molecule has 34 heavy (non-hydrogen) atoms. The fourth-order valence-electron chi connectivity index (χ4n) is 4.30. The molecular formula is C33H33F. The van der Waals surface area contributed by atoms with Gasteiger partial charge in [-0.2, -0.15) is 0 Å². The Morgan fingerprint density at radius 1 is 0.618 bits per heavy atom. The molecule has 1 heteroatoms. The summed E-state index contributed by atoms with van der Waals surface area (Å²) in [5.74, 6) is 5.95. The van der Waals surface area contributed by atoms with Crippen LogP contribution in [-0.2, 0) is 25.7 Å². The summed E-state index contributed by atoms with van der Waals surface area (Å²) in [6.45, 7) is 4.39. The average molecular weight is 449 g/mol. The highest BCUT2D eigenvalue weighted by atomic mass is 19.1. The van der Waals surface area contributed by atoms with Crippen LogP contribution in [0.2, 0.25) is 0 Å². The molecule has 0 saturated carbocycles. The number of halogens is 1. The molecule has 0 aliphatic rings. The van der Waals surface area contributed by atoms with Crippen LogP contribution in [0.25, 0.3) is 10.8 Å². The normalized spacial score (nSPS) is 10.8. The first kappa shape index (κ1) is 23.8. The molecule has 172 valence electrons. The lowest BCUT2D eigenvalue weighted by atomic mass is 10.00. The van der Waals surface area contributed by atoms with Gasteiger partial charge in [0.2, 0.25) is 0 Å². The van der Waals surface area contributed by atoms with E-state index in [1.807, 2.05) is 24.3 Å². The molecule has 0 nitrogen and oxygen atoms in total. The third-order valence-corrected chi connectivity index (χ3v) is 6.52. The Bertz CT molecular complexity index is 1280. The van der Waals surface area contributed by atoms with E-state index in [1.165, 1.54) is 41.5 Å². The summed E-state index contributed by atoms with van der Waals surface area (Å²) in [5.41, 5.74) is 6.66. The predicted molar refractivity (Wildman–Crippen MR) is 143 cm³/mol. The maximum absolute atomic E-state index is 15.1. The van der Waals surface area contributed by atoms with E-state index in [0.717, 1.165) is 36.6 Å². The predicted octanol–water partition coefficient (Wildman–Crippen LogP) is 8.46. The Morgan fingerprint density at radius 3 is 1.94 bits per heavy atom. The second kappa shape index (κ2) is 11.7. The van der Waals surface area contributed by atoms with Gasteiger partial charge in [-0.25, -0.2) is 4.39 Å². The first-order valence-electron chi connectivity index (χ1n) is 12.6. The van der Waals surface area contributed by atoms with Crippen molar-refractivity contribution in [2.24, 2.45) is 0 Å². The van der Waals surface area contributed by atoms with Crippen LogP contribution in [0.15, 0.2) is 78.9 Å². The fourth-order valence-corrected chi connectivity index (χ4v) is 4.30. The van der Waals surface area contributed by atoms with E-state index in [1.54, 1.807) is 6.07 Å². The van der Waals surface area contributed by atoms with E-state index in [0.29, 0.717) is 10.9 Å². The Morgan fingerprint density at radius 2 is 1.26 bits per heavy atom. The van der Waals surface area contributed by atoms with Gasteiger partial charge in [-0.1, -0.05) is 99.2 Å². The van der Waals surface area contributed by atoms with Gasteiger partial charge in [0.15, 0.2) is 0 Å². The van der Waals surface area contributed by atoms with Crippen molar-refractivity contribution < 1.29 is 4.39 Å². The van der Waals surface area contributed by atoms with Crippen LogP contribution in [0.5, 0.6) is 0 Å². The first-order valence-corrected chi connectivity index (χ1v) is 12.6. The van der Waals surface area contributed by atoms with Crippen molar-refractivity contribution in [1.29, 1.82) is 0 Å². The lowest BCUT2D eigenvalue weighted by Gasteiger charge is -2.06. The monoisotopic (exact) mass is 448 g/mol. The van der Waals surface area contributed by atoms with E-state index in [-0.39, 0.29) is 5.82 Å². The lowest BCUT2D eigenvalue weighted by Crippen LogP contribution is -1.92. The first-order chi connectivity index (χ1) is 16.7. The van der Waals surface area contributed by atoms with Gasteiger partial charge in [-0.3, -0.25) is 0 Å². The molecule has 0 fully saturated rings. The number of unbranched alkanes of at least 4 members (excludes halogenated alkanes) is 2. The van der Waals surface area contributed by atoms with Gasteiger partial charge < -0.3 is 0 Å². The van der Waals surface area contributed by atoms with Crippen LogP contribution >= 0.6 is 0 Å². The van der Waals surface area contributed by atoms with Crippen LogP contribution in [-0.4, -0.2) is 0 Å². The van der Waals surface area contributed by atoms with E-state index in [2.05, 4.69) is 74.2 Å². The van der Waals surface area contributed by atoms with E-state index >= 15 is 4.39 Å². The van der Waals surface area contributed by atoms with Crippen molar-refractivity contribution in [3.8, 4) is 11.8 Å². The summed E-state index contributed by atoms with van der Waals surface area (Å²) in [7, 11) is 0. The molecule has 0 N–H and O–H groups in total. The highest BCUT2D eigenvalue weighted by Crippen LogP contribution is 2.23. The molecule has 0 aliphatic carbocycles. The number of hydrogen-bond acceptors (Lipinski definition) is 0.